The number of nitrogens with one attached hydrogen (secondary N) is 1. The molecule has 0 fully saturated rings. The van der Waals surface area contributed by atoms with Crippen molar-refractivity contribution < 1.29 is 14.6 Å². The lowest BCUT2D eigenvalue weighted by molar-refractivity contribution is 0.249. The van der Waals surface area contributed by atoms with Gasteiger partial charge >= 0.3 is 6.03 Å². The van der Waals surface area contributed by atoms with Crippen LogP contribution in [-0.2, 0) is 0 Å². The van der Waals surface area contributed by atoms with E-state index < -0.39 is 0 Å². The summed E-state index contributed by atoms with van der Waals surface area (Å²) in [4.78, 5) is 16.6. The van der Waals surface area contributed by atoms with Crippen LogP contribution in [0.25, 0.3) is 0 Å². The van der Waals surface area contributed by atoms with E-state index in [1.54, 1.807) is 28.8 Å². The van der Waals surface area contributed by atoms with E-state index in [4.69, 9.17) is 4.74 Å². The normalized spacial score (nSPS) is 12.4. The summed E-state index contributed by atoms with van der Waals surface area (Å²) in [5.41, 5.74) is 4.84. The molecular weight excluding hydrogens is 454 g/mol. The van der Waals surface area contributed by atoms with Gasteiger partial charge in [0.05, 0.1) is 29.2 Å². The van der Waals surface area contributed by atoms with Crippen molar-refractivity contribution in [2.24, 2.45) is 5.10 Å². The number of carbonyl (C=O) groups is 1. The van der Waals surface area contributed by atoms with Crippen LogP contribution in [0, 0.1) is 0 Å². The molecule has 0 atom stereocenters. The van der Waals surface area contributed by atoms with Gasteiger partial charge in [-0.05, 0) is 57.9 Å². The maximum absolute atomic E-state index is 13.0. The highest BCUT2D eigenvalue weighted by Gasteiger charge is 2.27. The van der Waals surface area contributed by atoms with Gasteiger partial charge in [-0.1, -0.05) is 36.0 Å². The molecule has 0 unspecified atom stereocenters. The number of methoxy groups -OCH3 is 1. The lowest BCUT2D eigenvalue weighted by Crippen LogP contribution is -2.35. The number of carbonyl (C=O) groups excluding carboxylic acids is 1. The van der Waals surface area contributed by atoms with Crippen LogP contribution in [0.5, 0.6) is 11.5 Å². The van der Waals surface area contributed by atoms with Crippen molar-refractivity contribution in [2.75, 3.05) is 12.0 Å². The quantitative estimate of drug-likeness (QED) is 0.391. The number of urea groups is 1. The number of hydrogen-bond acceptors (Lipinski definition) is 5. The zero-order valence-electron chi connectivity index (χ0n) is 15.3. The van der Waals surface area contributed by atoms with Gasteiger partial charge in [0.2, 0.25) is 0 Å². The van der Waals surface area contributed by atoms with E-state index in [-0.39, 0.29) is 11.8 Å². The minimum absolute atomic E-state index is 0.00714. The van der Waals surface area contributed by atoms with Crippen molar-refractivity contribution in [3.05, 3.63) is 70.7 Å². The fourth-order valence-electron chi connectivity index (χ4n) is 2.96. The Morgan fingerprint density at radius 1 is 1.14 bits per heavy atom. The molecule has 4 rings (SSSR count). The zero-order chi connectivity index (χ0) is 20.4. The van der Waals surface area contributed by atoms with E-state index in [1.165, 1.54) is 13.3 Å². The van der Waals surface area contributed by atoms with E-state index in [0.29, 0.717) is 15.8 Å². The minimum Gasteiger partial charge on any atom is -0.503 e. The van der Waals surface area contributed by atoms with E-state index in [9.17, 15) is 9.90 Å². The van der Waals surface area contributed by atoms with Crippen molar-refractivity contribution in [2.45, 2.75) is 9.79 Å². The molecule has 29 heavy (non-hydrogen) atoms. The number of amides is 2. The third-order valence-corrected chi connectivity index (χ3v) is 6.01. The number of para-hydroxylation sites is 2. The van der Waals surface area contributed by atoms with Gasteiger partial charge in [0.15, 0.2) is 11.5 Å². The van der Waals surface area contributed by atoms with Crippen LogP contribution < -0.4 is 15.1 Å². The number of halogens is 1. The first-order chi connectivity index (χ1) is 14.1. The fourth-order valence-corrected chi connectivity index (χ4v) is 4.48. The van der Waals surface area contributed by atoms with Crippen LogP contribution in [0.1, 0.15) is 5.56 Å². The van der Waals surface area contributed by atoms with Crippen molar-refractivity contribution in [3.63, 3.8) is 0 Å². The lowest BCUT2D eigenvalue weighted by Gasteiger charge is -2.30. The fraction of sp³-hybridized carbons (Fsp3) is 0.0476. The van der Waals surface area contributed by atoms with Crippen LogP contribution in [0.2, 0.25) is 0 Å². The van der Waals surface area contributed by atoms with Crippen molar-refractivity contribution in [1.29, 1.82) is 0 Å². The van der Waals surface area contributed by atoms with Gasteiger partial charge in [-0.15, -0.1) is 0 Å². The number of aromatic hydroxyl groups is 1. The van der Waals surface area contributed by atoms with Gasteiger partial charge in [-0.3, -0.25) is 4.90 Å². The smallest absolute Gasteiger partial charge is 0.346 e. The molecule has 2 amide bonds. The van der Waals surface area contributed by atoms with E-state index >= 15 is 0 Å². The summed E-state index contributed by atoms with van der Waals surface area (Å²) < 4.78 is 5.60. The summed E-state index contributed by atoms with van der Waals surface area (Å²) in [5, 5.41) is 14.0. The Morgan fingerprint density at radius 3 is 2.38 bits per heavy atom. The van der Waals surface area contributed by atoms with Gasteiger partial charge < -0.3 is 9.84 Å². The number of fused-ring (bicyclic) bond motifs is 2. The molecule has 0 saturated heterocycles. The standard InChI is InChI=1S/C21H16BrN3O3S/c1-28-17-11-13(10-14(22)20(17)26)12-23-24-21(27)25-15-6-2-4-8-18(15)29-19-9-5-3-7-16(19)25/h2-12,26H,1H3,(H,24,27)/b23-12-. The third-order valence-electron chi connectivity index (χ3n) is 4.28. The van der Waals surface area contributed by atoms with Crippen LogP contribution in [0.3, 0.4) is 0 Å². The number of anilines is 2. The molecule has 8 heteroatoms. The van der Waals surface area contributed by atoms with Crippen molar-refractivity contribution in [1.82, 2.24) is 5.43 Å². The van der Waals surface area contributed by atoms with E-state index in [0.717, 1.165) is 21.2 Å². The SMILES string of the molecule is COc1cc(/C=N\NC(=O)N2c3ccccc3Sc3ccccc32)cc(Br)c1O. The molecule has 0 aliphatic carbocycles. The molecule has 6 nitrogen and oxygen atoms in total. The largest absolute Gasteiger partial charge is 0.503 e. The van der Waals surface area contributed by atoms with Gasteiger partial charge in [0.25, 0.3) is 0 Å². The number of ether oxygens (including phenoxy) is 1. The highest BCUT2D eigenvalue weighted by Crippen LogP contribution is 2.47. The number of phenols is 1. The molecule has 0 aromatic heterocycles. The van der Waals surface area contributed by atoms with E-state index in [1.807, 2.05) is 48.5 Å². The summed E-state index contributed by atoms with van der Waals surface area (Å²) in [7, 11) is 1.47. The predicted octanol–water partition coefficient (Wildman–Crippen LogP) is 5.51. The average Bonchev–Trinajstić information content (AvgIpc) is 2.74. The Kier molecular flexibility index (Phi) is 5.46. The molecule has 3 aromatic rings. The Balaban J connectivity index is 1.60. The highest BCUT2D eigenvalue weighted by molar-refractivity contribution is 9.10. The Morgan fingerprint density at radius 2 is 1.76 bits per heavy atom. The summed E-state index contributed by atoms with van der Waals surface area (Å²) in [6.45, 7) is 0. The molecule has 1 aliphatic rings. The van der Waals surface area contributed by atoms with Crippen LogP contribution in [-0.4, -0.2) is 24.5 Å². The molecule has 0 spiro atoms. The molecule has 2 N–H and O–H groups in total. The Hall–Kier alpha value is -2.97. The first-order valence-electron chi connectivity index (χ1n) is 8.64. The van der Waals surface area contributed by atoms with Crippen LogP contribution in [0.15, 0.2) is 80.0 Å². The average molecular weight is 470 g/mol. The number of hydrazone groups is 1. The Labute approximate surface area is 180 Å². The molecule has 146 valence electrons. The predicted molar refractivity (Wildman–Crippen MR) is 118 cm³/mol. The minimum atomic E-state index is -0.369. The lowest BCUT2D eigenvalue weighted by atomic mass is 10.2. The van der Waals surface area contributed by atoms with Crippen molar-refractivity contribution >= 4 is 51.3 Å². The summed E-state index contributed by atoms with van der Waals surface area (Å²) in [5.74, 6) is 0.316. The van der Waals surface area contributed by atoms with Crippen LogP contribution >= 0.6 is 27.7 Å². The molecule has 0 saturated carbocycles. The van der Waals surface area contributed by atoms with Gasteiger partial charge in [0.1, 0.15) is 0 Å². The summed E-state index contributed by atoms with van der Waals surface area (Å²) >= 11 is 4.90. The van der Waals surface area contributed by atoms with Crippen LogP contribution in [0.4, 0.5) is 16.2 Å². The number of nitrogens with zero attached hydrogens (tertiary/aromatic N) is 2. The highest BCUT2D eigenvalue weighted by atomic mass is 79.9. The molecule has 0 radical (unpaired) electrons. The number of benzene rings is 3. The summed E-state index contributed by atoms with van der Waals surface area (Å²) in [6, 6.07) is 18.4. The molecule has 0 bridgehead atoms. The van der Waals surface area contributed by atoms with Gasteiger partial charge in [-0.2, -0.15) is 5.10 Å². The van der Waals surface area contributed by atoms with Gasteiger partial charge in [-0.25, -0.2) is 10.2 Å². The number of rotatable bonds is 3. The zero-order valence-corrected chi connectivity index (χ0v) is 17.7. The first kappa shape index (κ1) is 19.4. The molecule has 1 heterocycles. The molecule has 3 aromatic carbocycles. The van der Waals surface area contributed by atoms with Gasteiger partial charge in [0, 0.05) is 9.79 Å². The maximum Gasteiger partial charge on any atom is 0.346 e. The first-order valence-corrected chi connectivity index (χ1v) is 10.2. The molecular formula is C21H16BrN3O3S. The third kappa shape index (κ3) is 3.81. The molecule has 1 aliphatic heterocycles. The Bertz CT molecular complexity index is 1070. The summed E-state index contributed by atoms with van der Waals surface area (Å²) in [6.07, 6.45) is 1.49. The van der Waals surface area contributed by atoms with E-state index in [2.05, 4.69) is 26.5 Å². The van der Waals surface area contributed by atoms with Crippen molar-refractivity contribution in [3.8, 4) is 11.5 Å². The maximum atomic E-state index is 13.0. The number of phenolic OH excluding ortho intramolecular Hbond substituents is 1. The second kappa shape index (κ2) is 8.18. The monoisotopic (exact) mass is 469 g/mol. The second-order valence-corrected chi connectivity index (χ2v) is 8.04. The topological polar surface area (TPSA) is 74.2 Å². The second-order valence-electron chi connectivity index (χ2n) is 6.10. The number of hydrogen-bond donors (Lipinski definition) is 2.